The quantitative estimate of drug-likeness (QED) is 0.502. The second kappa shape index (κ2) is 4.73. The van der Waals surface area contributed by atoms with Crippen molar-refractivity contribution in [2.45, 2.75) is 5.66 Å². The Bertz CT molecular complexity index is 1280. The molecule has 4 aromatic rings. The van der Waals surface area contributed by atoms with Gasteiger partial charge in [-0.2, -0.15) is 0 Å². The Morgan fingerprint density at radius 1 is 0.963 bits per heavy atom. The van der Waals surface area contributed by atoms with Gasteiger partial charge in [-0.25, -0.2) is 9.37 Å². The van der Waals surface area contributed by atoms with Gasteiger partial charge in [-0.15, -0.1) is 0 Å². The number of halogens is 1. The molecule has 2 aliphatic heterocycles. The number of carbonyl (C=O) groups is 1. The van der Waals surface area contributed by atoms with E-state index in [9.17, 15) is 9.18 Å². The van der Waals surface area contributed by atoms with Crippen molar-refractivity contribution >= 4 is 28.3 Å². The van der Waals surface area contributed by atoms with E-state index in [0.29, 0.717) is 17.1 Å². The Labute approximate surface area is 153 Å². The highest BCUT2D eigenvalue weighted by molar-refractivity contribution is 6.10. The number of benzene rings is 3. The lowest BCUT2D eigenvalue weighted by atomic mass is 9.95. The standard InChI is InChI=1S/C21H13FN4O/c22-12-9-10-16-14(11-12)21(20(27)24-16)25-15-6-2-1-5-13(15)19-23-17-7-3-4-8-18(17)26(19)21/h1-11,25H,(H,24,27). The number of hydrogen-bond acceptors (Lipinski definition) is 3. The number of amides is 1. The number of aromatic nitrogens is 2. The molecule has 3 aromatic carbocycles. The van der Waals surface area contributed by atoms with Crippen molar-refractivity contribution in [3.63, 3.8) is 0 Å². The van der Waals surface area contributed by atoms with E-state index < -0.39 is 11.5 Å². The van der Waals surface area contributed by atoms with Crippen LogP contribution in [0.15, 0.2) is 66.7 Å². The van der Waals surface area contributed by atoms with Crippen LogP contribution in [0, 0.1) is 5.82 Å². The molecule has 0 radical (unpaired) electrons. The molecule has 1 spiro atoms. The third kappa shape index (κ3) is 1.67. The smallest absolute Gasteiger partial charge is 0.276 e. The van der Waals surface area contributed by atoms with Gasteiger partial charge >= 0.3 is 0 Å². The van der Waals surface area contributed by atoms with Crippen molar-refractivity contribution < 1.29 is 9.18 Å². The largest absolute Gasteiger partial charge is 0.350 e. The minimum absolute atomic E-state index is 0.262. The molecule has 1 aromatic heterocycles. The van der Waals surface area contributed by atoms with Gasteiger partial charge < -0.3 is 10.6 Å². The van der Waals surface area contributed by atoms with Crippen LogP contribution in [0.3, 0.4) is 0 Å². The molecule has 0 saturated heterocycles. The monoisotopic (exact) mass is 356 g/mol. The van der Waals surface area contributed by atoms with E-state index in [0.717, 1.165) is 22.3 Å². The molecule has 27 heavy (non-hydrogen) atoms. The lowest BCUT2D eigenvalue weighted by Crippen LogP contribution is -2.50. The summed E-state index contributed by atoms with van der Waals surface area (Å²) in [6.45, 7) is 0. The molecule has 5 nitrogen and oxygen atoms in total. The van der Waals surface area contributed by atoms with Crippen LogP contribution in [0.4, 0.5) is 15.8 Å². The molecule has 1 amide bonds. The van der Waals surface area contributed by atoms with Crippen molar-refractivity contribution in [3.05, 3.63) is 78.1 Å². The highest BCUT2D eigenvalue weighted by atomic mass is 19.1. The normalized spacial score (nSPS) is 19.4. The lowest BCUT2D eigenvalue weighted by molar-refractivity contribution is -0.120. The fourth-order valence-electron chi connectivity index (χ4n) is 4.19. The topological polar surface area (TPSA) is 59.0 Å². The third-order valence-electron chi connectivity index (χ3n) is 5.33. The van der Waals surface area contributed by atoms with E-state index in [2.05, 4.69) is 10.6 Å². The molecular formula is C21H13FN4O. The van der Waals surface area contributed by atoms with E-state index in [1.54, 1.807) is 6.07 Å². The molecule has 1 unspecified atom stereocenters. The van der Waals surface area contributed by atoms with Crippen molar-refractivity contribution in [2.75, 3.05) is 10.6 Å². The number of anilines is 2. The first-order valence-electron chi connectivity index (χ1n) is 8.65. The fraction of sp³-hybridized carbons (Fsp3) is 0.0476. The second-order valence-corrected chi connectivity index (χ2v) is 6.78. The van der Waals surface area contributed by atoms with Crippen LogP contribution in [0.1, 0.15) is 5.56 Å². The van der Waals surface area contributed by atoms with Gasteiger partial charge in [0.05, 0.1) is 11.0 Å². The summed E-state index contributed by atoms with van der Waals surface area (Å²) in [5.74, 6) is 0.0241. The zero-order chi connectivity index (χ0) is 18.2. The Balaban J connectivity index is 1.80. The fourth-order valence-corrected chi connectivity index (χ4v) is 4.19. The summed E-state index contributed by atoms with van der Waals surface area (Å²) in [5.41, 5.74) is 3.12. The number of rotatable bonds is 0. The molecule has 0 bridgehead atoms. The van der Waals surface area contributed by atoms with Gasteiger partial charge in [-0.1, -0.05) is 24.3 Å². The summed E-state index contributed by atoms with van der Waals surface area (Å²) in [7, 11) is 0. The highest BCUT2D eigenvalue weighted by Gasteiger charge is 2.53. The first kappa shape index (κ1) is 14.5. The summed E-state index contributed by atoms with van der Waals surface area (Å²) in [6, 6.07) is 19.7. The van der Waals surface area contributed by atoms with E-state index in [1.165, 1.54) is 12.1 Å². The molecule has 6 heteroatoms. The van der Waals surface area contributed by atoms with Crippen LogP contribution in [0.5, 0.6) is 0 Å². The van der Waals surface area contributed by atoms with Crippen molar-refractivity contribution in [3.8, 4) is 11.4 Å². The Morgan fingerprint density at radius 2 is 1.78 bits per heavy atom. The molecule has 130 valence electrons. The molecule has 0 fully saturated rings. The van der Waals surface area contributed by atoms with Gasteiger partial charge in [0.1, 0.15) is 11.6 Å². The van der Waals surface area contributed by atoms with Crippen LogP contribution in [0.25, 0.3) is 22.4 Å². The maximum Gasteiger partial charge on any atom is 0.276 e. The minimum atomic E-state index is -1.29. The van der Waals surface area contributed by atoms with Crippen LogP contribution >= 0.6 is 0 Å². The maximum absolute atomic E-state index is 14.1. The van der Waals surface area contributed by atoms with Crippen LogP contribution < -0.4 is 10.6 Å². The average Bonchev–Trinajstić information content (AvgIpc) is 3.20. The van der Waals surface area contributed by atoms with Gasteiger partial charge in [0.25, 0.3) is 5.91 Å². The van der Waals surface area contributed by atoms with Crippen molar-refractivity contribution in [1.82, 2.24) is 9.55 Å². The molecule has 1 atom stereocenters. The number of hydrogen-bond donors (Lipinski definition) is 2. The number of imidazole rings is 1. The lowest BCUT2D eigenvalue weighted by Gasteiger charge is -2.37. The van der Waals surface area contributed by atoms with Crippen LogP contribution in [-0.4, -0.2) is 15.5 Å². The molecular weight excluding hydrogens is 343 g/mol. The Hall–Kier alpha value is -3.67. The van der Waals surface area contributed by atoms with Crippen LogP contribution in [0.2, 0.25) is 0 Å². The van der Waals surface area contributed by atoms with E-state index >= 15 is 0 Å². The number of nitrogens with one attached hydrogen (secondary N) is 2. The van der Waals surface area contributed by atoms with Gasteiger partial charge in [-0.05, 0) is 42.5 Å². The van der Waals surface area contributed by atoms with Crippen molar-refractivity contribution in [2.24, 2.45) is 0 Å². The summed E-state index contributed by atoms with van der Waals surface area (Å²) in [5, 5.41) is 6.28. The zero-order valence-electron chi connectivity index (χ0n) is 14.0. The minimum Gasteiger partial charge on any atom is -0.350 e. The molecule has 2 N–H and O–H groups in total. The first-order chi connectivity index (χ1) is 13.2. The maximum atomic E-state index is 14.1. The van der Waals surface area contributed by atoms with Gasteiger partial charge in [0.2, 0.25) is 5.66 Å². The molecule has 2 aliphatic rings. The first-order valence-corrected chi connectivity index (χ1v) is 8.65. The number of fused-ring (bicyclic) bond motifs is 8. The van der Waals surface area contributed by atoms with E-state index in [4.69, 9.17) is 4.98 Å². The Kier molecular flexibility index (Phi) is 2.54. The zero-order valence-corrected chi connectivity index (χ0v) is 14.0. The van der Waals surface area contributed by atoms with Crippen molar-refractivity contribution in [1.29, 1.82) is 0 Å². The summed E-state index contributed by atoms with van der Waals surface area (Å²) < 4.78 is 16.0. The molecule has 3 heterocycles. The summed E-state index contributed by atoms with van der Waals surface area (Å²) in [4.78, 5) is 18.1. The summed E-state index contributed by atoms with van der Waals surface area (Å²) in [6.07, 6.45) is 0. The molecule has 0 saturated carbocycles. The van der Waals surface area contributed by atoms with Crippen LogP contribution in [-0.2, 0) is 10.5 Å². The number of nitrogens with zero attached hydrogens (tertiary/aromatic N) is 2. The number of para-hydroxylation sites is 3. The Morgan fingerprint density at radius 3 is 2.70 bits per heavy atom. The highest BCUT2D eigenvalue weighted by Crippen LogP contribution is 2.48. The van der Waals surface area contributed by atoms with Gasteiger partial charge in [-0.3, -0.25) is 9.36 Å². The molecule has 0 aliphatic carbocycles. The predicted octanol–water partition coefficient (Wildman–Crippen LogP) is 3.92. The van der Waals surface area contributed by atoms with Gasteiger partial charge in [0, 0.05) is 22.5 Å². The average molecular weight is 356 g/mol. The SMILES string of the molecule is O=C1Nc2ccc(F)cc2C12Nc1ccccc1-c1nc3ccccc3n12. The third-order valence-corrected chi connectivity index (χ3v) is 5.33. The summed E-state index contributed by atoms with van der Waals surface area (Å²) >= 11 is 0. The molecule has 6 rings (SSSR count). The number of carbonyl (C=O) groups excluding carboxylic acids is 1. The van der Waals surface area contributed by atoms with Gasteiger partial charge in [0.15, 0.2) is 0 Å². The van der Waals surface area contributed by atoms with E-state index in [-0.39, 0.29) is 5.91 Å². The van der Waals surface area contributed by atoms with E-state index in [1.807, 2.05) is 53.1 Å². The second-order valence-electron chi connectivity index (χ2n) is 6.78. The predicted molar refractivity (Wildman–Crippen MR) is 101 cm³/mol.